The molecule has 0 spiro atoms. The molecule has 0 bridgehead atoms. The van der Waals surface area contributed by atoms with E-state index in [1.165, 1.54) is 24.5 Å². The van der Waals surface area contributed by atoms with Gasteiger partial charge in [-0.25, -0.2) is 9.18 Å². The van der Waals surface area contributed by atoms with E-state index in [1.807, 2.05) is 6.07 Å². The fraction of sp³-hybridized carbons (Fsp3) is 0.316. The quantitative estimate of drug-likeness (QED) is 0.849. The summed E-state index contributed by atoms with van der Waals surface area (Å²) in [6.45, 7) is 2.85. The van der Waals surface area contributed by atoms with E-state index in [0.29, 0.717) is 30.1 Å². The minimum absolute atomic E-state index is 0.119. The van der Waals surface area contributed by atoms with Gasteiger partial charge in [-0.3, -0.25) is 9.59 Å². The van der Waals surface area contributed by atoms with Gasteiger partial charge in [0.2, 0.25) is 0 Å². The lowest BCUT2D eigenvalue weighted by Gasteiger charge is -2.16. The Labute approximate surface area is 149 Å². The van der Waals surface area contributed by atoms with Crippen molar-refractivity contribution in [1.29, 1.82) is 0 Å². The van der Waals surface area contributed by atoms with E-state index in [0.717, 1.165) is 18.4 Å². The highest BCUT2D eigenvalue weighted by Crippen LogP contribution is 2.23. The predicted octanol–water partition coefficient (Wildman–Crippen LogP) is 2.49. The molecule has 0 saturated carbocycles. The zero-order valence-electron chi connectivity index (χ0n) is 14.4. The monoisotopic (exact) mass is 361 g/mol. The molecule has 1 atom stereocenters. The minimum Gasteiger partial charge on any atom is -0.483 e. The number of nitrogens with zero attached hydrogens (tertiary/aromatic N) is 1. The van der Waals surface area contributed by atoms with E-state index < -0.39 is 5.63 Å². The summed E-state index contributed by atoms with van der Waals surface area (Å²) < 4.78 is 18.1. The zero-order valence-corrected chi connectivity index (χ0v) is 14.4. The van der Waals surface area contributed by atoms with E-state index in [9.17, 15) is 14.0 Å². The second kappa shape index (κ2) is 8.94. The number of carbonyl (C=O) groups excluding carboxylic acids is 1. The van der Waals surface area contributed by atoms with Gasteiger partial charge in [-0.15, -0.1) is 0 Å². The maximum atomic E-state index is 13.3. The molecule has 0 aliphatic carbocycles. The van der Waals surface area contributed by atoms with Crippen LogP contribution in [0.4, 0.5) is 4.39 Å². The van der Waals surface area contributed by atoms with Crippen molar-refractivity contribution in [3.8, 4) is 0 Å². The number of aryl methyl sites for hydroxylation is 1. The third-order valence-electron chi connectivity index (χ3n) is 4.27. The van der Waals surface area contributed by atoms with Crippen LogP contribution < -0.4 is 5.63 Å². The fourth-order valence-corrected chi connectivity index (χ4v) is 3.01. The van der Waals surface area contributed by atoms with Crippen LogP contribution in [0.25, 0.3) is 0 Å². The largest absolute Gasteiger partial charge is 0.483 e. The van der Waals surface area contributed by atoms with Gasteiger partial charge in [0.25, 0.3) is 12.4 Å². The lowest BCUT2D eigenvalue weighted by Crippen LogP contribution is -2.29. The molecular weight excluding hydrogens is 341 g/mol. The van der Waals surface area contributed by atoms with E-state index in [4.69, 9.17) is 14.3 Å². The summed E-state index contributed by atoms with van der Waals surface area (Å²) in [6, 6.07) is 7.91. The molecular formula is C19H20FNO5. The van der Waals surface area contributed by atoms with Gasteiger partial charge in [0.1, 0.15) is 12.1 Å². The average Bonchev–Trinajstić information content (AvgIpc) is 3.07. The number of benzene rings is 1. The van der Waals surface area contributed by atoms with Crippen molar-refractivity contribution in [3.05, 3.63) is 69.5 Å². The van der Waals surface area contributed by atoms with Crippen LogP contribution >= 0.6 is 0 Å². The van der Waals surface area contributed by atoms with Crippen LogP contribution in [0.15, 0.2) is 45.8 Å². The summed E-state index contributed by atoms with van der Waals surface area (Å²) in [5.74, 6) is 0.0496. The molecule has 3 rings (SSSR count). The van der Waals surface area contributed by atoms with E-state index in [1.54, 1.807) is 17.9 Å². The van der Waals surface area contributed by atoms with Crippen LogP contribution in [0.1, 0.15) is 27.9 Å². The minimum atomic E-state index is -0.465. The Bertz CT molecular complexity index is 812. The number of hydrogen-bond donors (Lipinski definition) is 1. The fourth-order valence-electron chi connectivity index (χ4n) is 3.01. The number of carboxylic acid groups (broad SMARTS) is 1. The highest BCUT2D eigenvalue weighted by atomic mass is 19.1. The lowest BCUT2D eigenvalue weighted by atomic mass is 9.97. The molecule has 26 heavy (non-hydrogen) atoms. The van der Waals surface area contributed by atoms with Gasteiger partial charge in [0, 0.05) is 19.2 Å². The van der Waals surface area contributed by atoms with Crippen molar-refractivity contribution in [3.63, 3.8) is 0 Å². The first-order chi connectivity index (χ1) is 12.4. The smallest absolute Gasteiger partial charge is 0.335 e. The first kappa shape index (κ1) is 19.4. The van der Waals surface area contributed by atoms with Crippen LogP contribution in [-0.4, -0.2) is 35.5 Å². The number of halogens is 1. The molecule has 2 heterocycles. The first-order valence-electron chi connectivity index (χ1n) is 8.15. The van der Waals surface area contributed by atoms with Gasteiger partial charge in [-0.1, -0.05) is 12.1 Å². The number of carbonyl (C=O) groups is 2. The van der Waals surface area contributed by atoms with E-state index >= 15 is 0 Å². The maximum absolute atomic E-state index is 13.3. The highest BCUT2D eigenvalue weighted by Gasteiger charge is 2.27. The van der Waals surface area contributed by atoms with E-state index in [2.05, 4.69) is 0 Å². The Morgan fingerprint density at radius 1 is 1.38 bits per heavy atom. The normalized spacial score (nSPS) is 15.9. The van der Waals surface area contributed by atoms with Crippen molar-refractivity contribution in [2.24, 2.45) is 5.92 Å². The highest BCUT2D eigenvalue weighted by molar-refractivity contribution is 5.93. The van der Waals surface area contributed by atoms with Gasteiger partial charge in [0.05, 0.1) is 5.56 Å². The molecule has 1 fully saturated rings. The van der Waals surface area contributed by atoms with Gasteiger partial charge in [-0.2, -0.15) is 0 Å². The Morgan fingerprint density at radius 3 is 2.73 bits per heavy atom. The molecule has 0 radical (unpaired) electrons. The molecule has 1 aromatic carbocycles. The summed E-state index contributed by atoms with van der Waals surface area (Å²) in [4.78, 5) is 33.5. The van der Waals surface area contributed by atoms with Crippen molar-refractivity contribution >= 4 is 12.4 Å². The molecule has 1 aliphatic heterocycles. The van der Waals surface area contributed by atoms with Crippen LogP contribution in [0.5, 0.6) is 0 Å². The summed E-state index contributed by atoms with van der Waals surface area (Å²) in [5.41, 5.74) is 1.66. The Kier molecular flexibility index (Phi) is 6.66. The van der Waals surface area contributed by atoms with Crippen molar-refractivity contribution in [2.45, 2.75) is 19.8 Å². The molecule has 6 nitrogen and oxygen atoms in total. The molecule has 1 aliphatic rings. The first-order valence-corrected chi connectivity index (χ1v) is 8.15. The molecule has 1 aromatic heterocycles. The molecule has 2 aromatic rings. The van der Waals surface area contributed by atoms with Crippen molar-refractivity contribution in [2.75, 3.05) is 13.1 Å². The lowest BCUT2D eigenvalue weighted by molar-refractivity contribution is -0.122. The Balaban J connectivity index is 0.000000758. The van der Waals surface area contributed by atoms with Crippen LogP contribution in [0, 0.1) is 18.7 Å². The zero-order chi connectivity index (χ0) is 19.1. The standard InChI is InChI=1S/C18H18FNO3.CH2O2/c1-12-8-13(2-4-16(12)19)9-14-6-7-20(10-14)18(22)15-3-5-17(21)23-11-15;2-1-3/h2-5,8,11,14H,6-7,9-10H2,1H3;1H,(H,2,3). The molecule has 1 N–H and O–H groups in total. The second-order valence-electron chi connectivity index (χ2n) is 6.14. The maximum Gasteiger partial charge on any atom is 0.335 e. The van der Waals surface area contributed by atoms with Gasteiger partial charge in [0.15, 0.2) is 0 Å². The SMILES string of the molecule is Cc1cc(CC2CCN(C(=O)c3ccc(=O)oc3)C2)ccc1F.O=CO. The number of hydrogen-bond acceptors (Lipinski definition) is 4. The molecule has 7 heteroatoms. The van der Waals surface area contributed by atoms with Crippen LogP contribution in [0.3, 0.4) is 0 Å². The van der Waals surface area contributed by atoms with Crippen LogP contribution in [0.2, 0.25) is 0 Å². The van der Waals surface area contributed by atoms with Crippen molar-refractivity contribution in [1.82, 2.24) is 4.90 Å². The van der Waals surface area contributed by atoms with Gasteiger partial charge < -0.3 is 14.4 Å². The molecule has 1 unspecified atom stereocenters. The summed E-state index contributed by atoms with van der Waals surface area (Å²) >= 11 is 0. The number of likely N-dealkylation sites (tertiary alicyclic amines) is 1. The third-order valence-corrected chi connectivity index (χ3v) is 4.27. The molecule has 1 saturated heterocycles. The van der Waals surface area contributed by atoms with Crippen LogP contribution in [-0.2, 0) is 11.2 Å². The van der Waals surface area contributed by atoms with Gasteiger partial charge in [-0.05, 0) is 48.9 Å². The topological polar surface area (TPSA) is 87.8 Å². The Hall–Kier alpha value is -2.96. The van der Waals surface area contributed by atoms with Crippen molar-refractivity contribution < 1.29 is 23.5 Å². The second-order valence-corrected chi connectivity index (χ2v) is 6.14. The predicted molar refractivity (Wildman–Crippen MR) is 92.5 cm³/mol. The number of amides is 1. The Morgan fingerprint density at radius 2 is 2.12 bits per heavy atom. The summed E-state index contributed by atoms with van der Waals surface area (Å²) in [7, 11) is 0. The molecule has 1 amide bonds. The number of rotatable bonds is 3. The molecule has 138 valence electrons. The van der Waals surface area contributed by atoms with Gasteiger partial charge >= 0.3 is 5.63 Å². The summed E-state index contributed by atoms with van der Waals surface area (Å²) in [6.07, 6.45) is 2.95. The average molecular weight is 361 g/mol. The third kappa shape index (κ3) is 5.02. The van der Waals surface area contributed by atoms with E-state index in [-0.39, 0.29) is 18.2 Å². The summed E-state index contributed by atoms with van der Waals surface area (Å²) in [5, 5.41) is 6.89.